The number of nitrogens with zero attached hydrogens (tertiary/aromatic N) is 1. The third-order valence-electron chi connectivity index (χ3n) is 3.26. The summed E-state index contributed by atoms with van der Waals surface area (Å²) in [4.78, 5) is 13.9. The number of rotatable bonds is 8. The van der Waals surface area contributed by atoms with Gasteiger partial charge in [0.2, 0.25) is 10.0 Å². The van der Waals surface area contributed by atoms with Gasteiger partial charge in [-0.2, -0.15) is 0 Å². The van der Waals surface area contributed by atoms with Crippen LogP contribution in [0.2, 0.25) is 0 Å². The topological polar surface area (TPSA) is 78.5 Å². The van der Waals surface area contributed by atoms with Crippen molar-refractivity contribution in [2.24, 2.45) is 0 Å². The molecular formula is C16H23N3O3S. The maximum Gasteiger partial charge on any atom is 0.318 e. The number of carbonyl (C=O) groups is 1. The Balaban J connectivity index is 2.91. The third-order valence-corrected chi connectivity index (χ3v) is 4.68. The fourth-order valence-electron chi connectivity index (χ4n) is 1.98. The number of carbonyl (C=O) groups excluding carboxylic acids is 1. The van der Waals surface area contributed by atoms with Crippen LogP contribution in [0.3, 0.4) is 0 Å². The van der Waals surface area contributed by atoms with Crippen molar-refractivity contribution in [1.82, 2.24) is 14.9 Å². The average molecular weight is 337 g/mol. The molecule has 0 aliphatic heterocycles. The molecule has 2 N–H and O–H groups in total. The van der Waals surface area contributed by atoms with Crippen LogP contribution >= 0.6 is 0 Å². The standard InChI is InChI=1S/C16H23N3O3S/c1-5-10-19(11-6-2)16(20)18-13(3)14-8-7-9-15(12-14)23(21,22)17-4/h5-9,12-13,17H,1-2,10-11H2,3-4H3,(H,18,20)/t13-/m1/s1. The van der Waals surface area contributed by atoms with Crippen molar-refractivity contribution in [2.45, 2.75) is 17.9 Å². The minimum absolute atomic E-state index is 0.160. The minimum Gasteiger partial charge on any atom is -0.331 e. The van der Waals surface area contributed by atoms with E-state index >= 15 is 0 Å². The number of benzene rings is 1. The van der Waals surface area contributed by atoms with Gasteiger partial charge in [-0.3, -0.25) is 0 Å². The van der Waals surface area contributed by atoms with Gasteiger partial charge in [-0.05, 0) is 31.7 Å². The van der Waals surface area contributed by atoms with Crippen LogP contribution < -0.4 is 10.0 Å². The van der Waals surface area contributed by atoms with Crippen LogP contribution in [0.15, 0.2) is 54.5 Å². The highest BCUT2D eigenvalue weighted by atomic mass is 32.2. The molecule has 0 unspecified atom stereocenters. The first-order valence-corrected chi connectivity index (χ1v) is 8.64. The number of hydrogen-bond acceptors (Lipinski definition) is 3. The molecule has 0 radical (unpaired) electrons. The monoisotopic (exact) mass is 337 g/mol. The van der Waals surface area contributed by atoms with Crippen molar-refractivity contribution in [1.29, 1.82) is 0 Å². The van der Waals surface area contributed by atoms with Crippen LogP contribution in [0, 0.1) is 0 Å². The zero-order chi connectivity index (χ0) is 17.5. The van der Waals surface area contributed by atoms with E-state index in [0.29, 0.717) is 18.7 Å². The smallest absolute Gasteiger partial charge is 0.318 e. The molecule has 1 atom stereocenters. The number of amides is 2. The lowest BCUT2D eigenvalue weighted by atomic mass is 10.1. The van der Waals surface area contributed by atoms with Gasteiger partial charge in [-0.15, -0.1) is 13.2 Å². The van der Waals surface area contributed by atoms with Gasteiger partial charge >= 0.3 is 6.03 Å². The number of hydrogen-bond donors (Lipinski definition) is 2. The van der Waals surface area contributed by atoms with Crippen LogP contribution in [-0.4, -0.2) is 39.5 Å². The first-order valence-electron chi connectivity index (χ1n) is 7.16. The van der Waals surface area contributed by atoms with Gasteiger partial charge in [-0.1, -0.05) is 24.3 Å². The lowest BCUT2D eigenvalue weighted by Gasteiger charge is -2.23. The Kier molecular flexibility index (Phi) is 6.99. The highest BCUT2D eigenvalue weighted by molar-refractivity contribution is 7.89. The molecule has 0 heterocycles. The first-order chi connectivity index (χ1) is 10.9. The quantitative estimate of drug-likeness (QED) is 0.713. The van der Waals surface area contributed by atoms with E-state index < -0.39 is 10.0 Å². The molecule has 0 spiro atoms. The minimum atomic E-state index is -3.52. The van der Waals surface area contributed by atoms with Gasteiger partial charge in [0.1, 0.15) is 0 Å². The molecule has 0 saturated carbocycles. The lowest BCUT2D eigenvalue weighted by Crippen LogP contribution is -2.41. The highest BCUT2D eigenvalue weighted by Crippen LogP contribution is 2.17. The Hall–Kier alpha value is -2.12. The predicted molar refractivity (Wildman–Crippen MR) is 91.6 cm³/mol. The van der Waals surface area contributed by atoms with Crippen LogP contribution in [-0.2, 0) is 10.0 Å². The summed E-state index contributed by atoms with van der Waals surface area (Å²) in [7, 11) is -2.16. The largest absolute Gasteiger partial charge is 0.331 e. The molecule has 126 valence electrons. The molecule has 7 heteroatoms. The van der Waals surface area contributed by atoms with Gasteiger partial charge in [0.25, 0.3) is 0 Å². The molecule has 1 aromatic rings. The van der Waals surface area contributed by atoms with E-state index in [-0.39, 0.29) is 17.0 Å². The molecular weight excluding hydrogens is 314 g/mol. The highest BCUT2D eigenvalue weighted by Gasteiger charge is 2.17. The SMILES string of the molecule is C=CCN(CC=C)C(=O)N[C@H](C)c1cccc(S(=O)(=O)NC)c1. The van der Waals surface area contributed by atoms with Crippen LogP contribution in [0.25, 0.3) is 0 Å². The lowest BCUT2D eigenvalue weighted by molar-refractivity contribution is 0.205. The summed E-state index contributed by atoms with van der Waals surface area (Å²) < 4.78 is 26.0. The molecule has 0 saturated heterocycles. The third kappa shape index (κ3) is 5.22. The Morgan fingerprint density at radius 2 is 1.91 bits per heavy atom. The second-order valence-electron chi connectivity index (χ2n) is 4.93. The Labute approximate surface area is 137 Å². The second kappa shape index (κ2) is 8.50. The van der Waals surface area contributed by atoms with Crippen molar-refractivity contribution >= 4 is 16.1 Å². The zero-order valence-corrected chi connectivity index (χ0v) is 14.3. The van der Waals surface area contributed by atoms with Crippen molar-refractivity contribution in [3.05, 3.63) is 55.1 Å². The molecule has 1 rings (SSSR count). The summed E-state index contributed by atoms with van der Waals surface area (Å²) in [6, 6.07) is 5.86. The molecule has 2 amide bonds. The van der Waals surface area contributed by atoms with E-state index in [1.54, 1.807) is 42.2 Å². The molecule has 0 bridgehead atoms. The molecule has 0 fully saturated rings. The number of nitrogens with one attached hydrogen (secondary N) is 2. The maximum atomic E-state index is 12.2. The van der Waals surface area contributed by atoms with Gasteiger partial charge in [-0.25, -0.2) is 17.9 Å². The van der Waals surface area contributed by atoms with Gasteiger partial charge in [0.05, 0.1) is 10.9 Å². The van der Waals surface area contributed by atoms with Gasteiger partial charge in [0.15, 0.2) is 0 Å². The molecule has 23 heavy (non-hydrogen) atoms. The normalized spacial score (nSPS) is 12.3. The van der Waals surface area contributed by atoms with Gasteiger partial charge in [0, 0.05) is 13.1 Å². The summed E-state index contributed by atoms with van der Waals surface area (Å²) in [5.41, 5.74) is 0.701. The predicted octanol–water partition coefficient (Wildman–Crippen LogP) is 2.04. The molecule has 6 nitrogen and oxygen atoms in total. The Morgan fingerprint density at radius 1 is 1.30 bits per heavy atom. The van der Waals surface area contributed by atoms with Crippen LogP contribution in [0.5, 0.6) is 0 Å². The molecule has 0 aliphatic rings. The Morgan fingerprint density at radius 3 is 2.43 bits per heavy atom. The maximum absolute atomic E-state index is 12.2. The van der Waals surface area contributed by atoms with E-state index in [1.807, 2.05) is 0 Å². The van der Waals surface area contributed by atoms with Crippen molar-refractivity contribution in [3.8, 4) is 0 Å². The molecule has 0 aliphatic carbocycles. The summed E-state index contributed by atoms with van der Waals surface area (Å²) in [6.45, 7) is 9.84. The van der Waals surface area contributed by atoms with Crippen LogP contribution in [0.1, 0.15) is 18.5 Å². The zero-order valence-electron chi connectivity index (χ0n) is 13.5. The van der Waals surface area contributed by atoms with Gasteiger partial charge < -0.3 is 10.2 Å². The van der Waals surface area contributed by atoms with Crippen LogP contribution in [0.4, 0.5) is 4.79 Å². The van der Waals surface area contributed by atoms with E-state index in [0.717, 1.165) is 0 Å². The fourth-order valence-corrected chi connectivity index (χ4v) is 2.77. The summed E-state index contributed by atoms with van der Waals surface area (Å²) in [5, 5.41) is 2.84. The van der Waals surface area contributed by atoms with Crippen molar-refractivity contribution in [3.63, 3.8) is 0 Å². The Bertz CT molecular complexity index is 661. The second-order valence-corrected chi connectivity index (χ2v) is 6.82. The fraction of sp³-hybridized carbons (Fsp3) is 0.312. The first kappa shape index (κ1) is 18.9. The van der Waals surface area contributed by atoms with E-state index in [9.17, 15) is 13.2 Å². The summed E-state index contributed by atoms with van der Waals surface area (Å²) in [6.07, 6.45) is 3.27. The number of urea groups is 1. The average Bonchev–Trinajstić information content (AvgIpc) is 2.54. The summed E-state index contributed by atoms with van der Waals surface area (Å²) >= 11 is 0. The summed E-state index contributed by atoms with van der Waals surface area (Å²) in [5.74, 6) is 0. The molecule has 0 aromatic heterocycles. The number of sulfonamides is 1. The molecule has 1 aromatic carbocycles. The van der Waals surface area contributed by atoms with E-state index in [1.165, 1.54) is 13.1 Å². The van der Waals surface area contributed by atoms with Crippen molar-refractivity contribution < 1.29 is 13.2 Å². The van der Waals surface area contributed by atoms with E-state index in [2.05, 4.69) is 23.2 Å². The van der Waals surface area contributed by atoms with E-state index in [4.69, 9.17) is 0 Å². The van der Waals surface area contributed by atoms with Crippen molar-refractivity contribution in [2.75, 3.05) is 20.1 Å².